The van der Waals surface area contributed by atoms with Crippen LogP contribution in [0, 0.1) is 12.3 Å². The lowest BCUT2D eigenvalue weighted by molar-refractivity contribution is -0.184. The highest BCUT2D eigenvalue weighted by molar-refractivity contribution is 5.77. The summed E-state index contributed by atoms with van der Waals surface area (Å²) in [4.78, 5) is 11.3. The number of ether oxygens (including phenoxy) is 2. The van der Waals surface area contributed by atoms with E-state index in [1.165, 1.54) is 0 Å². The van der Waals surface area contributed by atoms with Gasteiger partial charge in [0.25, 0.3) is 0 Å². The molecular weight excluding hydrogens is 234 g/mol. The van der Waals surface area contributed by atoms with Gasteiger partial charge in [-0.05, 0) is 24.1 Å². The predicted molar refractivity (Wildman–Crippen MR) is 65.5 cm³/mol. The van der Waals surface area contributed by atoms with E-state index in [1.807, 2.05) is 13.0 Å². The molecular formula is C13H17NO4. The molecule has 1 unspecified atom stereocenters. The highest BCUT2D eigenvalue weighted by atomic mass is 16.5. The molecule has 0 saturated carbocycles. The molecule has 0 spiro atoms. The van der Waals surface area contributed by atoms with E-state index in [0.717, 1.165) is 16.9 Å². The zero-order valence-corrected chi connectivity index (χ0v) is 10.5. The average Bonchev–Trinajstić information content (AvgIpc) is 2.26. The van der Waals surface area contributed by atoms with Crippen LogP contribution in [0.4, 0.5) is 0 Å². The number of carbonyl (C=O) groups is 1. The van der Waals surface area contributed by atoms with Crippen LogP contribution in [0.1, 0.15) is 17.2 Å². The largest absolute Gasteiger partial charge is 0.496 e. The molecule has 1 heterocycles. The van der Waals surface area contributed by atoms with Crippen LogP contribution in [0.3, 0.4) is 0 Å². The Bertz CT molecular complexity index is 468. The van der Waals surface area contributed by atoms with E-state index in [9.17, 15) is 9.90 Å². The van der Waals surface area contributed by atoms with E-state index < -0.39 is 17.4 Å². The van der Waals surface area contributed by atoms with Gasteiger partial charge in [-0.25, -0.2) is 0 Å². The van der Waals surface area contributed by atoms with Gasteiger partial charge in [0, 0.05) is 0 Å². The Hall–Kier alpha value is -1.59. The van der Waals surface area contributed by atoms with E-state index >= 15 is 0 Å². The van der Waals surface area contributed by atoms with E-state index in [-0.39, 0.29) is 13.2 Å². The number of benzene rings is 1. The summed E-state index contributed by atoms with van der Waals surface area (Å²) in [5.41, 5.74) is 6.82. The zero-order valence-electron chi connectivity index (χ0n) is 10.5. The van der Waals surface area contributed by atoms with Gasteiger partial charge in [-0.3, -0.25) is 4.79 Å². The first-order chi connectivity index (χ1) is 8.51. The first kappa shape index (κ1) is 12.9. The summed E-state index contributed by atoms with van der Waals surface area (Å²) in [6.07, 6.45) is 0. The van der Waals surface area contributed by atoms with E-state index in [1.54, 1.807) is 19.2 Å². The maximum Gasteiger partial charge on any atom is 0.316 e. The molecule has 1 aromatic carbocycles. The summed E-state index contributed by atoms with van der Waals surface area (Å²) in [6.45, 7) is 2.23. The fourth-order valence-corrected chi connectivity index (χ4v) is 2.17. The second kappa shape index (κ2) is 4.59. The second-order valence-corrected chi connectivity index (χ2v) is 4.66. The van der Waals surface area contributed by atoms with Crippen LogP contribution in [0.2, 0.25) is 0 Å². The van der Waals surface area contributed by atoms with Crippen LogP contribution in [-0.4, -0.2) is 31.4 Å². The molecule has 0 amide bonds. The Kier molecular flexibility index (Phi) is 3.28. The van der Waals surface area contributed by atoms with Crippen molar-refractivity contribution in [3.63, 3.8) is 0 Å². The summed E-state index contributed by atoms with van der Waals surface area (Å²) in [5.74, 6) is -0.144. The number of methoxy groups -OCH3 is 1. The van der Waals surface area contributed by atoms with Crippen LogP contribution in [-0.2, 0) is 9.53 Å². The van der Waals surface area contributed by atoms with Crippen LogP contribution < -0.4 is 10.5 Å². The molecule has 0 radical (unpaired) electrons. The van der Waals surface area contributed by atoms with Crippen molar-refractivity contribution in [3.05, 3.63) is 29.3 Å². The van der Waals surface area contributed by atoms with Gasteiger partial charge < -0.3 is 20.3 Å². The van der Waals surface area contributed by atoms with Gasteiger partial charge >= 0.3 is 5.97 Å². The Labute approximate surface area is 106 Å². The average molecular weight is 251 g/mol. The summed E-state index contributed by atoms with van der Waals surface area (Å²) >= 11 is 0. The third-order valence-corrected chi connectivity index (χ3v) is 3.52. The van der Waals surface area contributed by atoms with Crippen molar-refractivity contribution in [2.45, 2.75) is 13.0 Å². The van der Waals surface area contributed by atoms with Crippen molar-refractivity contribution in [3.8, 4) is 5.75 Å². The number of aliphatic carboxylic acids is 1. The van der Waals surface area contributed by atoms with Crippen molar-refractivity contribution < 1.29 is 19.4 Å². The van der Waals surface area contributed by atoms with Crippen molar-refractivity contribution in [2.24, 2.45) is 11.1 Å². The Morgan fingerprint density at radius 1 is 1.56 bits per heavy atom. The number of hydrogen-bond donors (Lipinski definition) is 2. The second-order valence-electron chi connectivity index (χ2n) is 4.66. The highest BCUT2D eigenvalue weighted by Crippen LogP contribution is 2.40. The van der Waals surface area contributed by atoms with Gasteiger partial charge in [0.15, 0.2) is 0 Å². The van der Waals surface area contributed by atoms with Crippen molar-refractivity contribution >= 4 is 5.97 Å². The van der Waals surface area contributed by atoms with Gasteiger partial charge in [0.05, 0.1) is 26.4 Å². The topological polar surface area (TPSA) is 81.8 Å². The van der Waals surface area contributed by atoms with Crippen molar-refractivity contribution in [1.29, 1.82) is 0 Å². The highest BCUT2D eigenvalue weighted by Gasteiger charge is 2.51. The number of hydrogen-bond acceptors (Lipinski definition) is 4. The molecule has 1 atom stereocenters. The lowest BCUT2D eigenvalue weighted by atomic mass is 9.75. The quantitative estimate of drug-likeness (QED) is 0.837. The number of aryl methyl sites for hydroxylation is 1. The van der Waals surface area contributed by atoms with Gasteiger partial charge in [-0.15, -0.1) is 0 Å². The third-order valence-electron chi connectivity index (χ3n) is 3.52. The Balaban J connectivity index is 2.31. The molecule has 0 bridgehead atoms. The third kappa shape index (κ3) is 1.85. The molecule has 5 heteroatoms. The number of rotatable bonds is 4. The predicted octanol–water partition coefficient (Wildman–Crippen LogP) is 1.10. The summed E-state index contributed by atoms with van der Waals surface area (Å²) in [5, 5.41) is 9.30. The first-order valence-electron chi connectivity index (χ1n) is 5.72. The first-order valence-corrected chi connectivity index (χ1v) is 5.72. The van der Waals surface area contributed by atoms with Crippen LogP contribution in [0.25, 0.3) is 0 Å². The SMILES string of the molecule is COc1ccc(C(N)C2(C(=O)O)COC2)cc1C. The minimum absolute atomic E-state index is 0.161. The van der Waals surface area contributed by atoms with Crippen LogP contribution >= 0.6 is 0 Å². The lowest BCUT2D eigenvalue weighted by Gasteiger charge is -2.42. The summed E-state index contributed by atoms with van der Waals surface area (Å²) < 4.78 is 10.2. The standard InChI is InChI=1S/C13H17NO4/c1-8-5-9(3-4-10(8)17-2)11(14)13(12(15)16)6-18-7-13/h3-5,11H,6-7,14H2,1-2H3,(H,15,16). The molecule has 1 aliphatic heterocycles. The molecule has 1 saturated heterocycles. The number of carboxylic acids is 1. The van der Waals surface area contributed by atoms with Gasteiger partial charge in [0.1, 0.15) is 11.2 Å². The fraction of sp³-hybridized carbons (Fsp3) is 0.462. The normalized spacial score (nSPS) is 18.8. The van der Waals surface area contributed by atoms with Crippen molar-refractivity contribution in [1.82, 2.24) is 0 Å². The molecule has 2 rings (SSSR count). The Morgan fingerprint density at radius 3 is 2.61 bits per heavy atom. The smallest absolute Gasteiger partial charge is 0.316 e. The van der Waals surface area contributed by atoms with Gasteiger partial charge in [-0.2, -0.15) is 0 Å². The van der Waals surface area contributed by atoms with E-state index in [0.29, 0.717) is 0 Å². The van der Waals surface area contributed by atoms with E-state index in [4.69, 9.17) is 15.2 Å². The number of nitrogens with two attached hydrogens (primary N) is 1. The maximum atomic E-state index is 11.3. The van der Waals surface area contributed by atoms with Crippen LogP contribution in [0.5, 0.6) is 5.75 Å². The van der Waals surface area contributed by atoms with Crippen LogP contribution in [0.15, 0.2) is 18.2 Å². The van der Waals surface area contributed by atoms with Crippen molar-refractivity contribution in [2.75, 3.05) is 20.3 Å². The minimum atomic E-state index is -0.999. The minimum Gasteiger partial charge on any atom is -0.496 e. The zero-order chi connectivity index (χ0) is 13.3. The molecule has 98 valence electrons. The molecule has 0 aliphatic carbocycles. The molecule has 3 N–H and O–H groups in total. The Morgan fingerprint density at radius 2 is 2.22 bits per heavy atom. The van der Waals surface area contributed by atoms with Gasteiger partial charge in [0.2, 0.25) is 0 Å². The number of carboxylic acid groups (broad SMARTS) is 1. The molecule has 5 nitrogen and oxygen atoms in total. The van der Waals surface area contributed by atoms with E-state index in [2.05, 4.69) is 0 Å². The molecule has 1 aliphatic rings. The lowest BCUT2D eigenvalue weighted by Crippen LogP contribution is -2.55. The molecule has 0 aromatic heterocycles. The van der Waals surface area contributed by atoms with Gasteiger partial charge in [-0.1, -0.05) is 12.1 Å². The summed E-state index contributed by atoms with van der Waals surface area (Å²) in [6, 6.07) is 4.90. The molecule has 1 aromatic rings. The monoisotopic (exact) mass is 251 g/mol. The summed E-state index contributed by atoms with van der Waals surface area (Å²) in [7, 11) is 1.60. The molecule has 18 heavy (non-hydrogen) atoms. The maximum absolute atomic E-state index is 11.3. The molecule has 1 fully saturated rings. The fourth-order valence-electron chi connectivity index (χ4n) is 2.17.